The monoisotopic (exact) mass is 318 g/mol. The number of aromatic nitrogens is 1. The van der Waals surface area contributed by atoms with Gasteiger partial charge >= 0.3 is 0 Å². The summed E-state index contributed by atoms with van der Waals surface area (Å²) < 4.78 is 0. The van der Waals surface area contributed by atoms with Crippen molar-refractivity contribution in [3.8, 4) is 0 Å². The number of nitrogen functional groups attached to an aromatic ring is 1. The van der Waals surface area contributed by atoms with E-state index in [1.165, 1.54) is 11.3 Å². The molecule has 2 amide bonds. The van der Waals surface area contributed by atoms with E-state index in [0.717, 1.165) is 0 Å². The van der Waals surface area contributed by atoms with Gasteiger partial charge in [0, 0.05) is 11.3 Å². The Morgan fingerprint density at radius 2 is 2.00 bits per heavy atom. The summed E-state index contributed by atoms with van der Waals surface area (Å²) in [6, 6.07) is 7.06. The number of nitrogens with one attached hydrogen (secondary N) is 2. The molecule has 0 radical (unpaired) electrons. The van der Waals surface area contributed by atoms with Gasteiger partial charge in [0.1, 0.15) is 0 Å². The molecule has 1 aromatic heterocycles. The van der Waals surface area contributed by atoms with E-state index in [0.29, 0.717) is 22.2 Å². The zero-order valence-electron chi connectivity index (χ0n) is 12.4. The maximum absolute atomic E-state index is 12.0. The molecule has 0 spiro atoms. The lowest BCUT2D eigenvalue weighted by Gasteiger charge is -2.06. The van der Waals surface area contributed by atoms with Crippen LogP contribution in [0.4, 0.5) is 16.5 Å². The molecule has 22 heavy (non-hydrogen) atoms. The van der Waals surface area contributed by atoms with Crippen LogP contribution in [-0.4, -0.2) is 16.8 Å². The van der Waals surface area contributed by atoms with Crippen molar-refractivity contribution in [2.45, 2.75) is 20.3 Å². The highest BCUT2D eigenvalue weighted by Crippen LogP contribution is 2.19. The van der Waals surface area contributed by atoms with Gasteiger partial charge in [0.2, 0.25) is 11.8 Å². The number of hydrogen-bond donors (Lipinski definition) is 3. The van der Waals surface area contributed by atoms with Crippen LogP contribution in [0.2, 0.25) is 0 Å². The summed E-state index contributed by atoms with van der Waals surface area (Å²) >= 11 is 1.30. The Bertz CT molecular complexity index is 682. The van der Waals surface area contributed by atoms with Gasteiger partial charge in [-0.15, -0.1) is 11.3 Å². The number of anilines is 3. The van der Waals surface area contributed by atoms with Crippen LogP contribution in [0.25, 0.3) is 0 Å². The van der Waals surface area contributed by atoms with Gasteiger partial charge < -0.3 is 16.4 Å². The van der Waals surface area contributed by atoms with Crippen molar-refractivity contribution in [1.29, 1.82) is 0 Å². The summed E-state index contributed by atoms with van der Waals surface area (Å²) in [7, 11) is 0. The largest absolute Gasteiger partial charge is 0.397 e. The molecule has 1 heterocycles. The predicted octanol–water partition coefficient (Wildman–Crippen LogP) is 2.50. The lowest BCUT2D eigenvalue weighted by atomic mass is 10.2. The molecule has 0 aliphatic rings. The van der Waals surface area contributed by atoms with Gasteiger partial charge in [0.05, 0.1) is 23.5 Å². The van der Waals surface area contributed by atoms with Gasteiger partial charge in [-0.05, 0) is 12.1 Å². The number of rotatable bonds is 5. The summed E-state index contributed by atoms with van der Waals surface area (Å²) in [5, 5.41) is 7.71. The quantitative estimate of drug-likeness (QED) is 0.738. The molecule has 0 atom stereocenters. The highest BCUT2D eigenvalue weighted by Gasteiger charge is 2.12. The SMILES string of the molecule is CC(C)C(=O)Nc1nc(CC(=O)Nc2ccccc2N)cs1. The van der Waals surface area contributed by atoms with Crippen molar-refractivity contribution < 1.29 is 9.59 Å². The van der Waals surface area contributed by atoms with Gasteiger partial charge in [0.25, 0.3) is 0 Å². The van der Waals surface area contributed by atoms with E-state index in [-0.39, 0.29) is 24.2 Å². The lowest BCUT2D eigenvalue weighted by molar-refractivity contribution is -0.119. The minimum atomic E-state index is -0.204. The lowest BCUT2D eigenvalue weighted by Crippen LogP contribution is -2.18. The smallest absolute Gasteiger partial charge is 0.230 e. The number of nitrogens with two attached hydrogens (primary N) is 1. The Morgan fingerprint density at radius 3 is 2.68 bits per heavy atom. The summed E-state index contributed by atoms with van der Waals surface area (Å²) in [6.07, 6.45) is 0.127. The van der Waals surface area contributed by atoms with E-state index < -0.39 is 0 Å². The molecule has 0 bridgehead atoms. The first-order valence-electron chi connectivity index (χ1n) is 6.85. The molecule has 0 fully saturated rings. The molecule has 2 aromatic rings. The van der Waals surface area contributed by atoms with Crippen molar-refractivity contribution in [3.05, 3.63) is 35.3 Å². The van der Waals surface area contributed by atoms with Crippen LogP contribution in [0.1, 0.15) is 19.5 Å². The third-order valence-electron chi connectivity index (χ3n) is 2.88. The minimum Gasteiger partial charge on any atom is -0.397 e. The Morgan fingerprint density at radius 1 is 1.27 bits per heavy atom. The van der Waals surface area contributed by atoms with Crippen molar-refractivity contribution in [1.82, 2.24) is 4.98 Å². The maximum Gasteiger partial charge on any atom is 0.230 e. The van der Waals surface area contributed by atoms with Crippen LogP contribution in [0.3, 0.4) is 0 Å². The fourth-order valence-corrected chi connectivity index (χ4v) is 2.38. The molecule has 0 saturated carbocycles. The molecule has 0 aliphatic heterocycles. The number of hydrogen-bond acceptors (Lipinski definition) is 5. The van der Waals surface area contributed by atoms with E-state index >= 15 is 0 Å². The van der Waals surface area contributed by atoms with Crippen LogP contribution >= 0.6 is 11.3 Å². The molecule has 4 N–H and O–H groups in total. The Hall–Kier alpha value is -2.41. The summed E-state index contributed by atoms with van der Waals surface area (Å²) in [6.45, 7) is 3.61. The van der Waals surface area contributed by atoms with Crippen molar-refractivity contribution in [2.24, 2.45) is 5.92 Å². The van der Waals surface area contributed by atoms with E-state index in [2.05, 4.69) is 15.6 Å². The minimum absolute atomic E-state index is 0.0950. The average Bonchev–Trinajstić information content (AvgIpc) is 2.88. The third-order valence-corrected chi connectivity index (χ3v) is 3.69. The number of benzene rings is 1. The first-order valence-corrected chi connectivity index (χ1v) is 7.73. The van der Waals surface area contributed by atoms with Crippen molar-refractivity contribution >= 4 is 39.7 Å². The average molecular weight is 318 g/mol. The number of carbonyl (C=O) groups is 2. The van der Waals surface area contributed by atoms with Crippen LogP contribution < -0.4 is 16.4 Å². The number of thiazole rings is 1. The molecular weight excluding hydrogens is 300 g/mol. The van der Waals surface area contributed by atoms with E-state index in [1.807, 2.05) is 13.8 Å². The van der Waals surface area contributed by atoms with Gasteiger partial charge in [-0.1, -0.05) is 26.0 Å². The molecule has 0 unspecified atom stereocenters. The molecule has 2 rings (SSSR count). The second-order valence-corrected chi connectivity index (χ2v) is 5.96. The topological polar surface area (TPSA) is 97.1 Å². The molecule has 0 saturated heterocycles. The Balaban J connectivity index is 1.94. The van der Waals surface area contributed by atoms with Crippen LogP contribution in [0, 0.1) is 5.92 Å². The number of carbonyl (C=O) groups excluding carboxylic acids is 2. The van der Waals surface area contributed by atoms with Gasteiger partial charge in [-0.3, -0.25) is 9.59 Å². The molecular formula is C15H18N4O2S. The third kappa shape index (κ3) is 4.29. The zero-order valence-corrected chi connectivity index (χ0v) is 13.2. The first kappa shape index (κ1) is 16.0. The normalized spacial score (nSPS) is 10.5. The standard InChI is InChI=1S/C15H18N4O2S/c1-9(2)14(21)19-15-17-10(8-22-15)7-13(20)18-12-6-4-3-5-11(12)16/h3-6,8-9H,7,16H2,1-2H3,(H,18,20)(H,17,19,21). The summed E-state index contributed by atoms with van der Waals surface area (Å²) in [5.41, 5.74) is 7.47. The number of nitrogens with zero attached hydrogens (tertiary/aromatic N) is 1. The van der Waals surface area contributed by atoms with E-state index in [4.69, 9.17) is 5.73 Å². The second-order valence-electron chi connectivity index (χ2n) is 5.10. The second kappa shape index (κ2) is 7.04. The zero-order chi connectivity index (χ0) is 16.1. The molecule has 1 aromatic carbocycles. The Labute approximate surface area is 132 Å². The molecule has 116 valence electrons. The number of para-hydroxylation sites is 2. The van der Waals surface area contributed by atoms with E-state index in [9.17, 15) is 9.59 Å². The van der Waals surface area contributed by atoms with Gasteiger partial charge in [-0.2, -0.15) is 0 Å². The van der Waals surface area contributed by atoms with E-state index in [1.54, 1.807) is 29.6 Å². The fraction of sp³-hybridized carbons (Fsp3) is 0.267. The van der Waals surface area contributed by atoms with Crippen LogP contribution in [0.15, 0.2) is 29.6 Å². The maximum atomic E-state index is 12.0. The van der Waals surface area contributed by atoms with Crippen LogP contribution in [-0.2, 0) is 16.0 Å². The summed E-state index contributed by atoms with van der Waals surface area (Å²) in [5.74, 6) is -0.413. The number of amides is 2. The molecule has 0 aliphatic carbocycles. The fourth-order valence-electron chi connectivity index (χ4n) is 1.67. The van der Waals surface area contributed by atoms with Crippen LogP contribution in [0.5, 0.6) is 0 Å². The first-order chi connectivity index (χ1) is 10.5. The van der Waals surface area contributed by atoms with Gasteiger partial charge in [-0.25, -0.2) is 4.98 Å². The molecule has 7 heteroatoms. The predicted molar refractivity (Wildman–Crippen MR) is 88.8 cm³/mol. The highest BCUT2D eigenvalue weighted by molar-refractivity contribution is 7.13. The Kier molecular flexibility index (Phi) is 5.11. The van der Waals surface area contributed by atoms with Crippen molar-refractivity contribution in [2.75, 3.05) is 16.4 Å². The van der Waals surface area contributed by atoms with Crippen molar-refractivity contribution in [3.63, 3.8) is 0 Å². The highest BCUT2D eigenvalue weighted by atomic mass is 32.1. The van der Waals surface area contributed by atoms with Gasteiger partial charge in [0.15, 0.2) is 5.13 Å². The summed E-state index contributed by atoms with van der Waals surface area (Å²) in [4.78, 5) is 27.8. The molecule has 6 nitrogen and oxygen atoms in total.